The average molecular weight is 677 g/mol. The third-order valence-electron chi connectivity index (χ3n) is 9.46. The van der Waals surface area contributed by atoms with E-state index in [0.717, 1.165) is 44.9 Å². The lowest BCUT2D eigenvalue weighted by Crippen LogP contribution is -2.26. The molecule has 1 saturated carbocycles. The van der Waals surface area contributed by atoms with Gasteiger partial charge in [0.25, 0.3) is 0 Å². The Balaban J connectivity index is 1.66. The highest BCUT2D eigenvalue weighted by Gasteiger charge is 2.36. The fraction of sp³-hybridized carbons (Fsp3) is 0.649. The molecule has 1 aliphatic carbocycles. The Morgan fingerprint density at radius 2 is 0.936 bits per heavy atom. The van der Waals surface area contributed by atoms with E-state index in [9.17, 15) is 13.6 Å². The van der Waals surface area contributed by atoms with E-state index in [1.807, 2.05) is 6.92 Å². The van der Waals surface area contributed by atoms with Crippen LogP contribution in [-0.4, -0.2) is 5.97 Å². The predicted molar refractivity (Wildman–Crippen MR) is 167 cm³/mol. The molecule has 1 fully saturated rings. The van der Waals surface area contributed by atoms with Gasteiger partial charge in [0, 0.05) is 5.56 Å². The van der Waals surface area contributed by atoms with Gasteiger partial charge in [-0.15, -0.1) is 0 Å². The number of esters is 1. The van der Waals surface area contributed by atoms with Crippen LogP contribution in [0, 0.1) is 58.4 Å². The molecule has 0 unspecified atom stereocenters. The van der Waals surface area contributed by atoms with Crippen LogP contribution in [0.1, 0.15) is 141 Å². The van der Waals surface area contributed by atoms with E-state index >= 15 is 26.3 Å². The van der Waals surface area contributed by atoms with E-state index in [-0.39, 0.29) is 12.8 Å². The Hall–Kier alpha value is -2.65. The van der Waals surface area contributed by atoms with Crippen LogP contribution in [0.5, 0.6) is 5.75 Å². The fourth-order valence-corrected chi connectivity index (χ4v) is 6.56. The minimum absolute atomic E-state index is 0.197. The lowest BCUT2D eigenvalue weighted by molar-refractivity contribution is -0.140. The molecule has 0 aliphatic heterocycles. The molecular formula is C37H48F8O2. The molecule has 2 nitrogen and oxygen atoms in total. The highest BCUT2D eigenvalue weighted by atomic mass is 19.2. The van der Waals surface area contributed by atoms with Crippen molar-refractivity contribution in [1.29, 1.82) is 0 Å². The molecule has 0 spiro atoms. The van der Waals surface area contributed by atoms with Crippen molar-refractivity contribution in [3.63, 3.8) is 0 Å². The van der Waals surface area contributed by atoms with Crippen molar-refractivity contribution in [3.05, 3.63) is 52.1 Å². The highest BCUT2D eigenvalue weighted by molar-refractivity contribution is 5.76. The van der Waals surface area contributed by atoms with Crippen molar-refractivity contribution in [2.24, 2.45) is 11.8 Å². The Morgan fingerprint density at radius 1 is 0.532 bits per heavy atom. The van der Waals surface area contributed by atoms with Gasteiger partial charge in [-0.1, -0.05) is 104 Å². The molecule has 0 atom stereocenters. The summed E-state index contributed by atoms with van der Waals surface area (Å²) in [4.78, 5) is 12.7. The van der Waals surface area contributed by atoms with Gasteiger partial charge in [0.2, 0.25) is 17.4 Å². The van der Waals surface area contributed by atoms with Gasteiger partial charge in [0.05, 0.1) is 17.0 Å². The Morgan fingerprint density at radius 3 is 1.40 bits per heavy atom. The van der Waals surface area contributed by atoms with Crippen molar-refractivity contribution >= 4 is 5.97 Å². The lowest BCUT2D eigenvalue weighted by atomic mass is 9.79. The Bertz CT molecular complexity index is 1260. The maximum Gasteiger partial charge on any atom is 0.314 e. The summed E-state index contributed by atoms with van der Waals surface area (Å²) >= 11 is 0. The van der Waals surface area contributed by atoms with Crippen LogP contribution in [0.4, 0.5) is 35.1 Å². The van der Waals surface area contributed by atoms with Gasteiger partial charge < -0.3 is 4.74 Å². The Labute approximate surface area is 273 Å². The summed E-state index contributed by atoms with van der Waals surface area (Å²) in [5, 5.41) is 0. The summed E-state index contributed by atoms with van der Waals surface area (Å²) in [6, 6.07) is 0. The number of rotatable bonds is 19. The second-order valence-electron chi connectivity index (χ2n) is 13.0. The van der Waals surface area contributed by atoms with Gasteiger partial charge in [-0.25, -0.2) is 26.3 Å². The van der Waals surface area contributed by atoms with Crippen LogP contribution in [0.25, 0.3) is 11.1 Å². The molecule has 0 aromatic heterocycles. The number of carbonyl (C=O) groups is 1. The summed E-state index contributed by atoms with van der Waals surface area (Å²) < 4.78 is 125. The quantitative estimate of drug-likeness (QED) is 0.0487. The molecule has 10 heteroatoms. The molecule has 0 saturated heterocycles. The van der Waals surface area contributed by atoms with E-state index in [2.05, 4.69) is 6.92 Å². The molecule has 0 amide bonds. The second-order valence-corrected chi connectivity index (χ2v) is 13.0. The largest absolute Gasteiger partial charge is 0.420 e. The predicted octanol–water partition coefficient (Wildman–Crippen LogP) is 12.6. The number of carbonyl (C=O) groups excluding carboxylic acids is 1. The second kappa shape index (κ2) is 19.4. The highest BCUT2D eigenvalue weighted by Crippen LogP contribution is 2.41. The zero-order valence-electron chi connectivity index (χ0n) is 27.6. The number of ether oxygens (including phenoxy) is 1. The molecule has 264 valence electrons. The van der Waals surface area contributed by atoms with E-state index in [1.54, 1.807) is 0 Å². The van der Waals surface area contributed by atoms with Crippen molar-refractivity contribution in [3.8, 4) is 16.9 Å². The minimum atomic E-state index is -2.35. The van der Waals surface area contributed by atoms with Crippen LogP contribution < -0.4 is 4.74 Å². The maximum absolute atomic E-state index is 15.1. The molecule has 1 aliphatic rings. The third kappa shape index (κ3) is 10.2. The molecule has 0 N–H and O–H groups in total. The van der Waals surface area contributed by atoms with Crippen LogP contribution >= 0.6 is 0 Å². The topological polar surface area (TPSA) is 26.3 Å². The number of hydrogen-bond acceptors (Lipinski definition) is 2. The first-order valence-corrected chi connectivity index (χ1v) is 17.5. The molecule has 2 aromatic carbocycles. The molecule has 2 aromatic rings. The summed E-state index contributed by atoms with van der Waals surface area (Å²) in [5.74, 6) is -20.5. The van der Waals surface area contributed by atoms with Crippen molar-refractivity contribution in [2.75, 3.05) is 0 Å². The van der Waals surface area contributed by atoms with E-state index in [1.165, 1.54) is 38.5 Å². The van der Waals surface area contributed by atoms with Gasteiger partial charge in [0.1, 0.15) is 0 Å². The molecule has 47 heavy (non-hydrogen) atoms. The van der Waals surface area contributed by atoms with Gasteiger partial charge in [0.15, 0.2) is 34.9 Å². The number of benzene rings is 2. The summed E-state index contributed by atoms with van der Waals surface area (Å²) in [6.07, 6.45) is 16.6. The van der Waals surface area contributed by atoms with Crippen LogP contribution in [0.2, 0.25) is 0 Å². The first-order chi connectivity index (χ1) is 22.5. The van der Waals surface area contributed by atoms with Gasteiger partial charge in [-0.05, 0) is 44.4 Å². The van der Waals surface area contributed by atoms with Gasteiger partial charge in [-0.3, -0.25) is 4.79 Å². The third-order valence-corrected chi connectivity index (χ3v) is 9.46. The zero-order chi connectivity index (χ0) is 34.5. The normalized spacial score (nSPS) is 16.6. The molecule has 0 radical (unpaired) electrons. The molecule has 3 rings (SSSR count). The van der Waals surface area contributed by atoms with Gasteiger partial charge in [-0.2, -0.15) is 8.78 Å². The monoisotopic (exact) mass is 676 g/mol. The summed E-state index contributed by atoms with van der Waals surface area (Å²) in [6.45, 7) is 4.19. The summed E-state index contributed by atoms with van der Waals surface area (Å²) in [5.41, 5.74) is -4.86. The van der Waals surface area contributed by atoms with Crippen LogP contribution in [0.3, 0.4) is 0 Å². The fourth-order valence-electron chi connectivity index (χ4n) is 6.56. The SMILES string of the molecule is CCCCCCCCCCC1CCC(C(=O)Oc2c(F)c(F)c(-c3c(F)c(F)c(CCCCCCCC)c(F)c3F)c(F)c2F)CC1. The lowest BCUT2D eigenvalue weighted by Gasteiger charge is -2.27. The number of unbranched alkanes of at least 4 members (excludes halogenated alkanes) is 12. The molecule has 0 bridgehead atoms. The summed E-state index contributed by atoms with van der Waals surface area (Å²) in [7, 11) is 0. The Kier molecular flexibility index (Phi) is 16.0. The van der Waals surface area contributed by atoms with Crippen LogP contribution in [-0.2, 0) is 11.2 Å². The van der Waals surface area contributed by atoms with Crippen molar-refractivity contribution < 1.29 is 44.7 Å². The average Bonchev–Trinajstić information content (AvgIpc) is 3.07. The van der Waals surface area contributed by atoms with E-state index in [0.29, 0.717) is 38.0 Å². The number of halogens is 8. The van der Waals surface area contributed by atoms with E-state index in [4.69, 9.17) is 4.74 Å². The standard InChI is InChI=1S/C37H48F8O2/c1-3-5-7-9-11-12-13-15-17-23-19-21-24(22-20-23)37(46)47-36-34(44)32(42)27(33(43)35(36)45)26-30(40)28(38)25(29(39)31(26)41)18-16-14-10-8-6-4-2/h23-24H,3-22H2,1-2H3. The molecular weight excluding hydrogens is 628 g/mol. The number of hydrogen-bond donors (Lipinski definition) is 0. The van der Waals surface area contributed by atoms with E-state index < -0.39 is 80.9 Å². The minimum Gasteiger partial charge on any atom is -0.420 e. The van der Waals surface area contributed by atoms with Crippen molar-refractivity contribution in [1.82, 2.24) is 0 Å². The van der Waals surface area contributed by atoms with Crippen LogP contribution in [0.15, 0.2) is 0 Å². The molecule has 0 heterocycles. The van der Waals surface area contributed by atoms with Crippen molar-refractivity contribution in [2.45, 2.75) is 142 Å². The maximum atomic E-state index is 15.1. The smallest absolute Gasteiger partial charge is 0.314 e. The first-order valence-electron chi connectivity index (χ1n) is 17.5. The zero-order valence-corrected chi connectivity index (χ0v) is 27.6. The first kappa shape index (κ1) is 38.8. The van der Waals surface area contributed by atoms with Gasteiger partial charge >= 0.3 is 5.97 Å².